The zero-order chi connectivity index (χ0) is 18.1. The highest BCUT2D eigenvalue weighted by Crippen LogP contribution is 2.25. The number of hydrogen-bond donors (Lipinski definition) is 1. The van der Waals surface area contributed by atoms with Crippen LogP contribution in [0.3, 0.4) is 0 Å². The van der Waals surface area contributed by atoms with Gasteiger partial charge in [-0.1, -0.05) is 98.6 Å². The number of hydrogen-bond acceptors (Lipinski definition) is 1. The second-order valence-corrected chi connectivity index (χ2v) is 6.30. The fourth-order valence-corrected chi connectivity index (χ4v) is 2.75. The minimum absolute atomic E-state index is 0.750. The molecular formula is C24H29N. The summed E-state index contributed by atoms with van der Waals surface area (Å²) in [5, 5.41) is 0. The zero-order valence-electron chi connectivity index (χ0n) is 15.6. The molecule has 3 aromatic rings. The zero-order valence-corrected chi connectivity index (χ0v) is 15.6. The normalized spacial score (nSPS) is 10.1. The molecule has 0 aliphatic carbocycles. The van der Waals surface area contributed by atoms with Gasteiger partial charge in [-0.3, -0.25) is 0 Å². The molecular weight excluding hydrogens is 302 g/mol. The second-order valence-electron chi connectivity index (χ2n) is 6.30. The SMILES string of the molecule is CCCc1ccc(-c2ccc(-c3ccc(C)cc3)cc2)cc1.CCN. The third-order valence-electron chi connectivity index (χ3n) is 4.10. The van der Waals surface area contributed by atoms with E-state index >= 15 is 0 Å². The molecule has 3 rings (SSSR count). The maximum Gasteiger partial charge on any atom is -0.0106 e. The van der Waals surface area contributed by atoms with E-state index in [-0.39, 0.29) is 0 Å². The summed E-state index contributed by atoms with van der Waals surface area (Å²) in [6.07, 6.45) is 2.36. The van der Waals surface area contributed by atoms with Crippen LogP contribution < -0.4 is 5.73 Å². The highest BCUT2D eigenvalue weighted by Gasteiger charge is 2.01. The first-order chi connectivity index (χ1) is 12.2. The van der Waals surface area contributed by atoms with Crippen molar-refractivity contribution in [3.8, 4) is 22.3 Å². The number of aryl methyl sites for hydroxylation is 2. The molecule has 3 aromatic carbocycles. The van der Waals surface area contributed by atoms with Gasteiger partial charge in [0.1, 0.15) is 0 Å². The Kier molecular flexibility index (Phi) is 7.43. The topological polar surface area (TPSA) is 26.0 Å². The van der Waals surface area contributed by atoms with Gasteiger partial charge in [0.15, 0.2) is 0 Å². The van der Waals surface area contributed by atoms with Crippen molar-refractivity contribution in [3.05, 3.63) is 83.9 Å². The molecule has 0 aliphatic rings. The molecule has 0 bridgehead atoms. The maximum atomic E-state index is 4.85. The smallest absolute Gasteiger partial charge is 0.0106 e. The molecule has 0 saturated heterocycles. The minimum atomic E-state index is 0.750. The molecule has 0 spiro atoms. The van der Waals surface area contributed by atoms with Gasteiger partial charge in [-0.2, -0.15) is 0 Å². The van der Waals surface area contributed by atoms with Crippen molar-refractivity contribution in [2.75, 3.05) is 6.54 Å². The summed E-state index contributed by atoms with van der Waals surface area (Å²) in [4.78, 5) is 0. The summed E-state index contributed by atoms with van der Waals surface area (Å²) in [7, 11) is 0. The van der Waals surface area contributed by atoms with Gasteiger partial charge in [-0.25, -0.2) is 0 Å². The average molecular weight is 332 g/mol. The summed E-state index contributed by atoms with van der Waals surface area (Å²) in [6, 6.07) is 26.5. The molecule has 130 valence electrons. The summed E-state index contributed by atoms with van der Waals surface area (Å²) in [5.41, 5.74) is 12.7. The van der Waals surface area contributed by atoms with Crippen LogP contribution in [0, 0.1) is 6.92 Å². The van der Waals surface area contributed by atoms with E-state index in [0.29, 0.717) is 0 Å². The monoisotopic (exact) mass is 331 g/mol. The molecule has 0 aliphatic heterocycles. The standard InChI is InChI=1S/C22H22.C2H7N/c1-3-4-18-7-11-20(12-8-18)22-15-13-21(14-16-22)19-9-5-17(2)6-10-19;1-2-3/h5-16H,3-4H2,1-2H3;2-3H2,1H3. The first kappa shape index (κ1) is 19.0. The van der Waals surface area contributed by atoms with E-state index in [9.17, 15) is 0 Å². The Morgan fingerprint density at radius 3 is 1.28 bits per heavy atom. The van der Waals surface area contributed by atoms with Crippen molar-refractivity contribution < 1.29 is 0 Å². The van der Waals surface area contributed by atoms with E-state index in [1.165, 1.54) is 39.8 Å². The quantitative estimate of drug-likeness (QED) is 0.601. The third-order valence-corrected chi connectivity index (χ3v) is 4.10. The first-order valence-corrected chi connectivity index (χ1v) is 9.14. The van der Waals surface area contributed by atoms with Crippen molar-refractivity contribution in [3.63, 3.8) is 0 Å². The van der Waals surface area contributed by atoms with Crippen LogP contribution >= 0.6 is 0 Å². The van der Waals surface area contributed by atoms with Crippen molar-refractivity contribution in [1.29, 1.82) is 0 Å². The molecule has 0 fully saturated rings. The van der Waals surface area contributed by atoms with Gasteiger partial charge < -0.3 is 5.73 Å². The van der Waals surface area contributed by atoms with Crippen molar-refractivity contribution in [2.45, 2.75) is 33.6 Å². The van der Waals surface area contributed by atoms with E-state index in [2.05, 4.69) is 86.6 Å². The number of rotatable bonds is 4. The highest BCUT2D eigenvalue weighted by atomic mass is 14.5. The summed E-state index contributed by atoms with van der Waals surface area (Å²) in [5.74, 6) is 0. The third kappa shape index (κ3) is 5.58. The lowest BCUT2D eigenvalue weighted by Gasteiger charge is -2.06. The largest absolute Gasteiger partial charge is 0.331 e. The molecule has 0 saturated carbocycles. The summed E-state index contributed by atoms with van der Waals surface area (Å²) < 4.78 is 0. The van der Waals surface area contributed by atoms with Gasteiger partial charge in [0.2, 0.25) is 0 Å². The van der Waals surface area contributed by atoms with Crippen LogP contribution in [0.2, 0.25) is 0 Å². The average Bonchev–Trinajstić information content (AvgIpc) is 2.64. The van der Waals surface area contributed by atoms with Gasteiger partial charge in [0.25, 0.3) is 0 Å². The van der Waals surface area contributed by atoms with Crippen LogP contribution in [0.5, 0.6) is 0 Å². The molecule has 0 aromatic heterocycles. The predicted molar refractivity (Wildman–Crippen MR) is 111 cm³/mol. The maximum absolute atomic E-state index is 4.85. The summed E-state index contributed by atoms with van der Waals surface area (Å²) in [6.45, 7) is 6.99. The van der Waals surface area contributed by atoms with Crippen LogP contribution in [-0.4, -0.2) is 6.54 Å². The lowest BCUT2D eigenvalue weighted by Crippen LogP contribution is -1.87. The highest BCUT2D eigenvalue weighted by molar-refractivity contribution is 5.70. The molecule has 1 nitrogen and oxygen atoms in total. The Morgan fingerprint density at radius 1 is 0.600 bits per heavy atom. The van der Waals surface area contributed by atoms with Crippen molar-refractivity contribution in [1.82, 2.24) is 0 Å². The molecule has 1 heteroatoms. The number of nitrogens with two attached hydrogens (primary N) is 1. The Bertz CT molecular complexity index is 738. The molecule has 0 amide bonds. The van der Waals surface area contributed by atoms with E-state index in [0.717, 1.165) is 13.0 Å². The minimum Gasteiger partial charge on any atom is -0.331 e. The Morgan fingerprint density at radius 2 is 0.920 bits per heavy atom. The van der Waals surface area contributed by atoms with Gasteiger partial charge in [-0.05, 0) is 47.7 Å². The van der Waals surface area contributed by atoms with E-state index in [1.54, 1.807) is 0 Å². The number of benzene rings is 3. The molecule has 0 unspecified atom stereocenters. The lowest BCUT2D eigenvalue weighted by atomic mass is 9.98. The molecule has 25 heavy (non-hydrogen) atoms. The summed E-state index contributed by atoms with van der Waals surface area (Å²) >= 11 is 0. The Labute approximate surface area is 152 Å². The Balaban J connectivity index is 0.000000701. The lowest BCUT2D eigenvalue weighted by molar-refractivity contribution is 0.922. The van der Waals surface area contributed by atoms with Crippen LogP contribution in [0.4, 0.5) is 0 Å². The van der Waals surface area contributed by atoms with Crippen LogP contribution in [0.1, 0.15) is 31.4 Å². The fourth-order valence-electron chi connectivity index (χ4n) is 2.75. The molecule has 2 N–H and O–H groups in total. The van der Waals surface area contributed by atoms with Crippen LogP contribution in [-0.2, 0) is 6.42 Å². The predicted octanol–water partition coefficient (Wildman–Crippen LogP) is 6.25. The van der Waals surface area contributed by atoms with E-state index in [1.807, 2.05) is 6.92 Å². The second kappa shape index (κ2) is 9.80. The fraction of sp³-hybridized carbons (Fsp3) is 0.250. The van der Waals surface area contributed by atoms with Gasteiger partial charge in [0.05, 0.1) is 0 Å². The van der Waals surface area contributed by atoms with Crippen molar-refractivity contribution >= 4 is 0 Å². The molecule has 0 atom stereocenters. The Hall–Kier alpha value is -2.38. The molecule has 0 heterocycles. The van der Waals surface area contributed by atoms with Gasteiger partial charge in [0, 0.05) is 0 Å². The van der Waals surface area contributed by atoms with Gasteiger partial charge >= 0.3 is 0 Å². The first-order valence-electron chi connectivity index (χ1n) is 9.14. The van der Waals surface area contributed by atoms with Gasteiger partial charge in [-0.15, -0.1) is 0 Å². The van der Waals surface area contributed by atoms with Crippen LogP contribution in [0.15, 0.2) is 72.8 Å². The van der Waals surface area contributed by atoms with E-state index < -0.39 is 0 Å². The van der Waals surface area contributed by atoms with Crippen LogP contribution in [0.25, 0.3) is 22.3 Å². The molecule has 0 radical (unpaired) electrons. The van der Waals surface area contributed by atoms with E-state index in [4.69, 9.17) is 5.73 Å². The van der Waals surface area contributed by atoms with Crippen molar-refractivity contribution in [2.24, 2.45) is 5.73 Å².